The van der Waals surface area contributed by atoms with Gasteiger partial charge in [0.15, 0.2) is 0 Å². The van der Waals surface area contributed by atoms with Gasteiger partial charge in [0.1, 0.15) is 5.60 Å². The van der Waals surface area contributed by atoms with Gasteiger partial charge in [0.05, 0.1) is 6.61 Å². The van der Waals surface area contributed by atoms with Crippen molar-refractivity contribution in [3.63, 3.8) is 0 Å². The average molecular weight is 226 g/mol. The van der Waals surface area contributed by atoms with Crippen LogP contribution in [0.4, 0.5) is 0 Å². The Morgan fingerprint density at radius 3 is 3.06 bits per heavy atom. The Labute approximate surface area is 97.0 Å². The maximum absolute atomic E-state index is 10.2. The van der Waals surface area contributed by atoms with Crippen molar-refractivity contribution < 1.29 is 9.84 Å². The van der Waals surface area contributed by atoms with E-state index in [1.165, 1.54) is 32.5 Å². The van der Waals surface area contributed by atoms with Crippen LogP contribution >= 0.6 is 0 Å². The number of piperidine rings is 1. The molecule has 3 fully saturated rings. The SMILES string of the molecule is OC1(CNC2CCN3CCC2C3)CCOC1. The zero-order chi connectivity index (χ0) is 11.0. The van der Waals surface area contributed by atoms with Crippen molar-refractivity contribution in [3.8, 4) is 0 Å². The maximum atomic E-state index is 10.2. The van der Waals surface area contributed by atoms with Gasteiger partial charge in [0.25, 0.3) is 0 Å². The molecule has 0 saturated carbocycles. The maximum Gasteiger partial charge on any atom is 0.102 e. The topological polar surface area (TPSA) is 44.7 Å². The lowest BCUT2D eigenvalue weighted by Crippen LogP contribution is -2.50. The van der Waals surface area contributed by atoms with Crippen LogP contribution in [0.5, 0.6) is 0 Å². The number of hydrogen-bond acceptors (Lipinski definition) is 4. The summed E-state index contributed by atoms with van der Waals surface area (Å²) in [5.74, 6) is 0.805. The molecule has 3 aliphatic heterocycles. The van der Waals surface area contributed by atoms with Crippen LogP contribution < -0.4 is 5.32 Å². The predicted molar refractivity (Wildman–Crippen MR) is 61.3 cm³/mol. The molecule has 4 unspecified atom stereocenters. The zero-order valence-corrected chi connectivity index (χ0v) is 9.82. The van der Waals surface area contributed by atoms with Gasteiger partial charge < -0.3 is 20.1 Å². The Morgan fingerprint density at radius 2 is 2.25 bits per heavy atom. The van der Waals surface area contributed by atoms with E-state index in [-0.39, 0.29) is 0 Å². The summed E-state index contributed by atoms with van der Waals surface area (Å²) >= 11 is 0. The van der Waals surface area contributed by atoms with Crippen molar-refractivity contribution in [1.29, 1.82) is 0 Å². The summed E-state index contributed by atoms with van der Waals surface area (Å²) in [5, 5.41) is 13.8. The summed E-state index contributed by atoms with van der Waals surface area (Å²) in [6.45, 7) is 5.67. The largest absolute Gasteiger partial charge is 0.386 e. The lowest BCUT2D eigenvalue weighted by Gasteiger charge is -2.33. The third-order valence-corrected chi connectivity index (χ3v) is 4.41. The third kappa shape index (κ3) is 2.12. The molecule has 0 aromatic rings. The molecular formula is C12H22N2O2. The number of rotatable bonds is 3. The molecule has 0 spiro atoms. The lowest BCUT2D eigenvalue weighted by molar-refractivity contribution is 0.0216. The number of hydrogen-bond donors (Lipinski definition) is 2. The fourth-order valence-corrected chi connectivity index (χ4v) is 3.28. The molecule has 2 bridgehead atoms. The molecule has 3 rings (SSSR count). The quantitative estimate of drug-likeness (QED) is 0.701. The number of ether oxygens (including phenoxy) is 1. The fraction of sp³-hybridized carbons (Fsp3) is 1.00. The molecule has 3 saturated heterocycles. The van der Waals surface area contributed by atoms with Crippen molar-refractivity contribution in [2.75, 3.05) is 39.4 Å². The van der Waals surface area contributed by atoms with E-state index < -0.39 is 5.60 Å². The lowest BCUT2D eigenvalue weighted by atomic mass is 9.93. The molecule has 3 aliphatic rings. The van der Waals surface area contributed by atoms with E-state index >= 15 is 0 Å². The van der Waals surface area contributed by atoms with Gasteiger partial charge in [-0.3, -0.25) is 0 Å². The molecule has 0 radical (unpaired) electrons. The van der Waals surface area contributed by atoms with E-state index in [0.717, 1.165) is 12.3 Å². The third-order valence-electron chi connectivity index (χ3n) is 4.41. The van der Waals surface area contributed by atoms with Crippen molar-refractivity contribution in [2.45, 2.75) is 30.9 Å². The van der Waals surface area contributed by atoms with E-state index in [1.807, 2.05) is 0 Å². The van der Waals surface area contributed by atoms with E-state index in [0.29, 0.717) is 25.8 Å². The summed E-state index contributed by atoms with van der Waals surface area (Å²) in [5.41, 5.74) is -0.601. The molecule has 0 aromatic heterocycles. The van der Waals surface area contributed by atoms with Crippen molar-refractivity contribution in [1.82, 2.24) is 10.2 Å². The highest BCUT2D eigenvalue weighted by Gasteiger charge is 2.37. The second-order valence-electron chi connectivity index (χ2n) is 5.65. The van der Waals surface area contributed by atoms with Crippen molar-refractivity contribution in [2.24, 2.45) is 5.92 Å². The van der Waals surface area contributed by atoms with Gasteiger partial charge in [0.2, 0.25) is 0 Å². The highest BCUT2D eigenvalue weighted by molar-refractivity contribution is 4.93. The van der Waals surface area contributed by atoms with E-state index in [1.54, 1.807) is 0 Å². The van der Waals surface area contributed by atoms with Crippen LogP contribution in [0, 0.1) is 5.92 Å². The monoisotopic (exact) mass is 226 g/mol. The van der Waals surface area contributed by atoms with Crippen LogP contribution in [0.3, 0.4) is 0 Å². The second kappa shape index (κ2) is 4.26. The highest BCUT2D eigenvalue weighted by Crippen LogP contribution is 2.27. The molecule has 16 heavy (non-hydrogen) atoms. The summed E-state index contributed by atoms with van der Waals surface area (Å²) in [7, 11) is 0. The number of aliphatic hydroxyl groups is 1. The van der Waals surface area contributed by atoms with Crippen molar-refractivity contribution >= 4 is 0 Å². The Hall–Kier alpha value is -0.160. The number of nitrogens with one attached hydrogen (secondary N) is 1. The minimum atomic E-state index is -0.601. The molecule has 0 aliphatic carbocycles. The minimum Gasteiger partial charge on any atom is -0.386 e. The van der Waals surface area contributed by atoms with Gasteiger partial charge in [-0.2, -0.15) is 0 Å². The fourth-order valence-electron chi connectivity index (χ4n) is 3.28. The molecule has 0 aromatic carbocycles. The normalized spacial score (nSPS) is 47.4. The Bertz CT molecular complexity index is 253. The first kappa shape index (κ1) is 11.0. The molecule has 0 amide bonds. The van der Waals surface area contributed by atoms with Gasteiger partial charge in [-0.25, -0.2) is 0 Å². The van der Waals surface area contributed by atoms with Crippen LogP contribution in [0.1, 0.15) is 19.3 Å². The smallest absolute Gasteiger partial charge is 0.102 e. The molecule has 2 N–H and O–H groups in total. The van der Waals surface area contributed by atoms with Gasteiger partial charge in [0, 0.05) is 32.2 Å². The first-order chi connectivity index (χ1) is 7.75. The molecule has 92 valence electrons. The summed E-state index contributed by atoms with van der Waals surface area (Å²) in [4.78, 5) is 2.55. The van der Waals surface area contributed by atoms with E-state index in [9.17, 15) is 5.11 Å². The van der Waals surface area contributed by atoms with Crippen LogP contribution in [0.2, 0.25) is 0 Å². The van der Waals surface area contributed by atoms with E-state index in [4.69, 9.17) is 4.74 Å². The van der Waals surface area contributed by atoms with Gasteiger partial charge in [-0.1, -0.05) is 0 Å². The molecule has 4 nitrogen and oxygen atoms in total. The van der Waals surface area contributed by atoms with Crippen LogP contribution in [-0.2, 0) is 4.74 Å². The minimum absolute atomic E-state index is 0.503. The van der Waals surface area contributed by atoms with Gasteiger partial charge in [-0.15, -0.1) is 0 Å². The Balaban J connectivity index is 1.51. The summed E-state index contributed by atoms with van der Waals surface area (Å²) < 4.78 is 5.26. The molecule has 4 heteroatoms. The molecule has 4 atom stereocenters. The molecule has 3 heterocycles. The van der Waals surface area contributed by atoms with Crippen LogP contribution in [-0.4, -0.2) is 61.0 Å². The van der Waals surface area contributed by atoms with Crippen LogP contribution in [0.15, 0.2) is 0 Å². The predicted octanol–water partition coefficient (Wildman–Crippen LogP) is -0.178. The first-order valence-electron chi connectivity index (χ1n) is 6.51. The standard InChI is InChI=1S/C12H22N2O2/c15-12(3-6-16-9-12)8-13-11-2-5-14-4-1-10(11)7-14/h10-11,13,15H,1-9H2. The van der Waals surface area contributed by atoms with Gasteiger partial charge >= 0.3 is 0 Å². The average Bonchev–Trinajstić information content (AvgIpc) is 2.87. The number of nitrogens with zero attached hydrogens (tertiary/aromatic N) is 1. The zero-order valence-electron chi connectivity index (χ0n) is 9.82. The number of fused-ring (bicyclic) bond motifs is 2. The second-order valence-corrected chi connectivity index (χ2v) is 5.65. The Morgan fingerprint density at radius 1 is 1.38 bits per heavy atom. The molecular weight excluding hydrogens is 204 g/mol. The van der Waals surface area contributed by atoms with Crippen molar-refractivity contribution in [3.05, 3.63) is 0 Å². The summed E-state index contributed by atoms with van der Waals surface area (Å²) in [6, 6.07) is 0.614. The first-order valence-corrected chi connectivity index (χ1v) is 6.51. The van der Waals surface area contributed by atoms with Crippen LogP contribution in [0.25, 0.3) is 0 Å². The highest BCUT2D eigenvalue weighted by atomic mass is 16.5. The summed E-state index contributed by atoms with van der Waals surface area (Å²) in [6.07, 6.45) is 3.34. The Kier molecular flexibility index (Phi) is 2.92. The van der Waals surface area contributed by atoms with E-state index in [2.05, 4.69) is 10.2 Å². The van der Waals surface area contributed by atoms with Gasteiger partial charge in [-0.05, 0) is 31.8 Å².